The van der Waals surface area contributed by atoms with Crippen LogP contribution in [0.4, 0.5) is 0 Å². The van der Waals surface area contributed by atoms with Crippen LogP contribution in [0.15, 0.2) is 85.1 Å². The number of allylic oxidation sites excluding steroid dienone is 12. The van der Waals surface area contributed by atoms with Crippen LogP contribution in [-0.4, -0.2) is 82.2 Å². The summed E-state index contributed by atoms with van der Waals surface area (Å²) in [4.78, 5) is 37.6. The summed E-state index contributed by atoms with van der Waals surface area (Å²) in [7, 11) is 1.09. The summed E-state index contributed by atoms with van der Waals surface area (Å²) in [5.41, 5.74) is 0. The molecule has 1 rings (SSSR count). The molecule has 0 bridgehead atoms. The number of ether oxygens (including phenoxy) is 3. The summed E-state index contributed by atoms with van der Waals surface area (Å²) < 4.78 is 39.6. The van der Waals surface area contributed by atoms with Crippen molar-refractivity contribution < 1.29 is 46.8 Å². The van der Waals surface area contributed by atoms with E-state index in [0.717, 1.165) is 64.2 Å². The molecule has 11 heteroatoms. The van der Waals surface area contributed by atoms with Crippen molar-refractivity contribution in [3.8, 4) is 0 Å². The van der Waals surface area contributed by atoms with Gasteiger partial charge in [0, 0.05) is 12.8 Å². The Hall–Kier alpha value is -2.85. The first-order valence-corrected chi connectivity index (χ1v) is 24.9. The molecule has 10 nitrogen and oxygen atoms in total. The predicted octanol–water partition coefficient (Wildman–Crippen LogP) is 11.9. The number of hydrogen-bond donors (Lipinski definition) is 0. The SMILES string of the molecule is CCCCC/C=C\C/C=C\C/C=C\C/C=C\CCCCCC(=O)OC[C@H](COP(=O)([O-])OCC[N+](C)(C)C)OC(=O)CCC/C=C\C/C=C\CC1OC1C/C=C\CCCCC. The van der Waals surface area contributed by atoms with E-state index in [4.69, 9.17) is 23.3 Å². The van der Waals surface area contributed by atoms with Crippen LogP contribution in [0, 0.1) is 0 Å². The standard InChI is InChI=1S/C50H84NO9P/c1-6-8-10-12-14-15-16-17-18-19-20-21-22-23-24-25-28-32-36-40-49(52)56-44-46(45-58-61(54,55)57-43-42-51(3,4)5)59-50(53)41-37-33-29-26-27-31-35-39-48-47(60-48)38-34-30-13-11-9-7-2/h14-15,17-18,20-21,23-24,26,29-31,34-35,46-48H,6-13,16,19,22,25,27-28,32-33,36-45H2,1-5H3/b15-14-,18-17-,21-20-,24-23-,29-26-,34-30-,35-31-/t46-,47?,48?/m1/s1. The van der Waals surface area contributed by atoms with Crippen LogP contribution in [0.2, 0.25) is 0 Å². The second-order valence-corrected chi connectivity index (χ2v) is 18.2. The van der Waals surface area contributed by atoms with Gasteiger partial charge in [0.2, 0.25) is 0 Å². The zero-order valence-electron chi connectivity index (χ0n) is 38.8. The normalized spacial score (nSPS) is 17.6. The van der Waals surface area contributed by atoms with Gasteiger partial charge in [0.1, 0.15) is 19.8 Å². The van der Waals surface area contributed by atoms with E-state index in [9.17, 15) is 19.0 Å². The van der Waals surface area contributed by atoms with Gasteiger partial charge in [0.25, 0.3) is 7.82 Å². The molecule has 1 saturated heterocycles. The Bertz CT molecular complexity index is 1380. The van der Waals surface area contributed by atoms with Gasteiger partial charge in [0.05, 0.1) is 40.0 Å². The topological polar surface area (TPSA) is 124 Å². The van der Waals surface area contributed by atoms with E-state index in [1.54, 1.807) is 0 Å². The Morgan fingerprint density at radius 2 is 1.05 bits per heavy atom. The number of phosphoric ester groups is 1. The lowest BCUT2D eigenvalue weighted by Gasteiger charge is -2.28. The average molecular weight is 874 g/mol. The Labute approximate surface area is 371 Å². The number of esters is 2. The van der Waals surface area contributed by atoms with Gasteiger partial charge in [0.15, 0.2) is 6.10 Å². The van der Waals surface area contributed by atoms with E-state index in [-0.39, 0.29) is 26.1 Å². The van der Waals surface area contributed by atoms with Crippen molar-refractivity contribution >= 4 is 19.8 Å². The van der Waals surface area contributed by atoms with Crippen LogP contribution >= 0.6 is 7.82 Å². The number of carbonyl (C=O) groups is 2. The van der Waals surface area contributed by atoms with Gasteiger partial charge in [-0.2, -0.15) is 0 Å². The van der Waals surface area contributed by atoms with Crippen LogP contribution < -0.4 is 4.89 Å². The van der Waals surface area contributed by atoms with Crippen LogP contribution in [0.3, 0.4) is 0 Å². The average Bonchev–Trinajstić information content (AvgIpc) is 3.97. The maximum Gasteiger partial charge on any atom is 0.306 e. The molecule has 0 aromatic heterocycles. The minimum atomic E-state index is -4.66. The smallest absolute Gasteiger partial charge is 0.306 e. The molecule has 61 heavy (non-hydrogen) atoms. The highest BCUT2D eigenvalue weighted by Crippen LogP contribution is 2.38. The van der Waals surface area contributed by atoms with E-state index < -0.39 is 32.5 Å². The number of likely N-dealkylation sites (N-methyl/N-ethyl adjacent to an activating group) is 1. The van der Waals surface area contributed by atoms with Crippen molar-refractivity contribution in [1.82, 2.24) is 0 Å². The first-order valence-electron chi connectivity index (χ1n) is 23.4. The molecule has 1 heterocycles. The predicted molar refractivity (Wildman–Crippen MR) is 249 cm³/mol. The van der Waals surface area contributed by atoms with Crippen LogP contribution in [0.1, 0.15) is 155 Å². The van der Waals surface area contributed by atoms with Gasteiger partial charge < -0.3 is 32.6 Å². The minimum Gasteiger partial charge on any atom is -0.756 e. The number of nitrogens with zero attached hydrogens (tertiary/aromatic N) is 1. The number of carbonyl (C=O) groups excluding carboxylic acids is 2. The highest BCUT2D eigenvalue weighted by atomic mass is 31.2. The molecule has 0 amide bonds. The van der Waals surface area contributed by atoms with Gasteiger partial charge in [-0.15, -0.1) is 0 Å². The second-order valence-electron chi connectivity index (χ2n) is 16.8. The first-order chi connectivity index (χ1) is 29.5. The molecule has 348 valence electrons. The zero-order valence-corrected chi connectivity index (χ0v) is 39.7. The highest BCUT2D eigenvalue weighted by Gasteiger charge is 2.36. The third-order valence-electron chi connectivity index (χ3n) is 9.79. The van der Waals surface area contributed by atoms with Crippen molar-refractivity contribution in [2.45, 2.75) is 173 Å². The van der Waals surface area contributed by atoms with Crippen molar-refractivity contribution in [2.75, 3.05) is 47.5 Å². The Morgan fingerprint density at radius 1 is 0.590 bits per heavy atom. The lowest BCUT2D eigenvalue weighted by atomic mass is 10.1. The maximum atomic E-state index is 12.7. The lowest BCUT2D eigenvalue weighted by molar-refractivity contribution is -0.870. The van der Waals surface area contributed by atoms with Crippen LogP contribution in [0.25, 0.3) is 0 Å². The number of quaternary nitrogens is 1. The summed E-state index contributed by atoms with van der Waals surface area (Å²) in [6.45, 7) is 4.03. The lowest BCUT2D eigenvalue weighted by Crippen LogP contribution is -2.37. The van der Waals surface area contributed by atoms with E-state index >= 15 is 0 Å². The fourth-order valence-electron chi connectivity index (χ4n) is 5.96. The van der Waals surface area contributed by atoms with Crippen molar-refractivity contribution in [1.29, 1.82) is 0 Å². The summed E-state index contributed by atoms with van der Waals surface area (Å²) in [6.07, 6.45) is 50.7. The van der Waals surface area contributed by atoms with Crippen molar-refractivity contribution in [3.05, 3.63) is 85.1 Å². The molecule has 0 spiro atoms. The van der Waals surface area contributed by atoms with E-state index in [1.807, 2.05) is 27.2 Å². The van der Waals surface area contributed by atoms with Crippen molar-refractivity contribution in [2.24, 2.45) is 0 Å². The number of unbranched alkanes of at least 4 members (excludes halogenated alkanes) is 10. The number of rotatable bonds is 40. The largest absolute Gasteiger partial charge is 0.756 e. The van der Waals surface area contributed by atoms with E-state index in [1.165, 1.54) is 44.9 Å². The Morgan fingerprint density at radius 3 is 1.59 bits per heavy atom. The molecular weight excluding hydrogens is 790 g/mol. The first kappa shape index (κ1) is 56.2. The monoisotopic (exact) mass is 874 g/mol. The molecule has 0 aromatic rings. The number of epoxide rings is 1. The number of phosphoric acid groups is 1. The fraction of sp³-hybridized carbons (Fsp3) is 0.680. The van der Waals surface area contributed by atoms with Gasteiger partial charge in [-0.3, -0.25) is 14.2 Å². The van der Waals surface area contributed by atoms with E-state index in [2.05, 4.69) is 92.8 Å². The summed E-state index contributed by atoms with van der Waals surface area (Å²) in [5.74, 6) is -0.950. The molecule has 0 aliphatic carbocycles. The minimum absolute atomic E-state index is 0.0536. The molecule has 4 atom stereocenters. The summed E-state index contributed by atoms with van der Waals surface area (Å²) >= 11 is 0. The molecule has 0 N–H and O–H groups in total. The number of hydrogen-bond acceptors (Lipinski definition) is 9. The van der Waals surface area contributed by atoms with Crippen molar-refractivity contribution in [3.63, 3.8) is 0 Å². The molecule has 0 saturated carbocycles. The van der Waals surface area contributed by atoms with Gasteiger partial charge in [-0.05, 0) is 96.3 Å². The van der Waals surface area contributed by atoms with Gasteiger partial charge in [-0.1, -0.05) is 131 Å². The third kappa shape index (κ3) is 38.5. The summed E-state index contributed by atoms with van der Waals surface area (Å²) in [5, 5.41) is 0. The molecule has 1 fully saturated rings. The van der Waals surface area contributed by atoms with Gasteiger partial charge in [-0.25, -0.2) is 0 Å². The second kappa shape index (κ2) is 37.7. The molecule has 1 aliphatic rings. The quantitative estimate of drug-likeness (QED) is 0.0148. The summed E-state index contributed by atoms with van der Waals surface area (Å²) in [6, 6.07) is 0. The van der Waals surface area contributed by atoms with Crippen LogP contribution in [-0.2, 0) is 37.4 Å². The fourth-order valence-corrected chi connectivity index (χ4v) is 6.69. The maximum absolute atomic E-state index is 12.7. The molecular formula is C50H84NO9P. The molecule has 1 aliphatic heterocycles. The Kier molecular flexibility index (Phi) is 34.7. The van der Waals surface area contributed by atoms with Gasteiger partial charge >= 0.3 is 11.9 Å². The molecule has 0 aromatic carbocycles. The molecule has 0 radical (unpaired) electrons. The van der Waals surface area contributed by atoms with Crippen LogP contribution in [0.5, 0.6) is 0 Å². The molecule has 3 unspecified atom stereocenters. The third-order valence-corrected chi connectivity index (χ3v) is 10.8. The Balaban J connectivity index is 2.34. The highest BCUT2D eigenvalue weighted by molar-refractivity contribution is 7.45. The van der Waals surface area contributed by atoms with E-state index in [0.29, 0.717) is 42.5 Å². The zero-order chi connectivity index (χ0) is 44.7.